The molecule has 1 aromatic rings. The molecule has 1 rings (SSSR count). The maximum absolute atomic E-state index is 11.7. The Morgan fingerprint density at radius 1 is 1.44 bits per heavy atom. The smallest absolute Gasteiger partial charge is 0.305 e. The summed E-state index contributed by atoms with van der Waals surface area (Å²) in [6.07, 6.45) is 0.772. The Hall–Kier alpha value is -1.27. The second-order valence-corrected chi connectivity index (χ2v) is 6.25. The average Bonchev–Trinajstić information content (AvgIpc) is 2.21. The van der Waals surface area contributed by atoms with Gasteiger partial charge in [0.2, 0.25) is 10.0 Å². The van der Waals surface area contributed by atoms with Crippen molar-refractivity contribution in [2.75, 3.05) is 17.1 Å². The van der Waals surface area contributed by atoms with Crippen molar-refractivity contribution >= 4 is 33.3 Å². The Morgan fingerprint density at radius 3 is 2.56 bits per heavy atom. The first kappa shape index (κ1) is 14.8. The van der Waals surface area contributed by atoms with Crippen molar-refractivity contribution in [2.45, 2.75) is 13.3 Å². The molecule has 0 unspecified atom stereocenters. The van der Waals surface area contributed by atoms with Gasteiger partial charge in [0.15, 0.2) is 0 Å². The Kier molecular flexibility index (Phi) is 4.59. The molecule has 100 valence electrons. The van der Waals surface area contributed by atoms with Crippen molar-refractivity contribution in [1.29, 1.82) is 0 Å². The summed E-state index contributed by atoms with van der Waals surface area (Å²) in [5, 5.41) is 9.05. The summed E-state index contributed by atoms with van der Waals surface area (Å²) < 4.78 is 24.5. The van der Waals surface area contributed by atoms with Crippen LogP contribution in [0.15, 0.2) is 18.2 Å². The quantitative estimate of drug-likeness (QED) is 0.899. The number of carboxylic acid groups (broad SMARTS) is 1. The molecule has 0 aliphatic carbocycles. The van der Waals surface area contributed by atoms with Gasteiger partial charge in [0, 0.05) is 11.6 Å². The van der Waals surface area contributed by atoms with Gasteiger partial charge in [0.1, 0.15) is 0 Å². The Balaban J connectivity index is 3.18. The lowest BCUT2D eigenvalue weighted by molar-refractivity contribution is -0.136. The highest BCUT2D eigenvalue weighted by molar-refractivity contribution is 7.92. The van der Waals surface area contributed by atoms with Gasteiger partial charge in [0.25, 0.3) is 0 Å². The van der Waals surface area contributed by atoms with Crippen LogP contribution in [0.1, 0.15) is 12.0 Å². The zero-order chi connectivity index (χ0) is 13.9. The molecule has 0 heterocycles. The number of anilines is 1. The SMILES string of the molecule is Cc1ccc(Cl)cc1N(CCC(=O)O)S(C)(=O)=O. The molecule has 0 fully saturated rings. The Bertz CT molecular complexity index is 556. The molecule has 0 atom stereocenters. The van der Waals surface area contributed by atoms with Crippen LogP contribution in [-0.2, 0) is 14.8 Å². The third kappa shape index (κ3) is 3.89. The van der Waals surface area contributed by atoms with E-state index >= 15 is 0 Å². The fourth-order valence-electron chi connectivity index (χ4n) is 1.51. The normalized spacial score (nSPS) is 11.3. The molecule has 0 spiro atoms. The van der Waals surface area contributed by atoms with E-state index in [2.05, 4.69) is 0 Å². The highest BCUT2D eigenvalue weighted by Crippen LogP contribution is 2.26. The van der Waals surface area contributed by atoms with E-state index in [-0.39, 0.29) is 13.0 Å². The number of carbonyl (C=O) groups is 1. The molecule has 1 N–H and O–H groups in total. The van der Waals surface area contributed by atoms with E-state index in [1.54, 1.807) is 19.1 Å². The first-order valence-electron chi connectivity index (χ1n) is 5.17. The van der Waals surface area contributed by atoms with Gasteiger partial charge in [0.05, 0.1) is 18.4 Å². The van der Waals surface area contributed by atoms with Gasteiger partial charge in [-0.05, 0) is 24.6 Å². The van der Waals surface area contributed by atoms with Gasteiger partial charge in [-0.2, -0.15) is 0 Å². The number of benzene rings is 1. The fourth-order valence-corrected chi connectivity index (χ4v) is 2.66. The van der Waals surface area contributed by atoms with Crippen LogP contribution in [0.2, 0.25) is 5.02 Å². The van der Waals surface area contributed by atoms with Gasteiger partial charge in [-0.15, -0.1) is 0 Å². The van der Waals surface area contributed by atoms with Crippen molar-refractivity contribution < 1.29 is 18.3 Å². The fraction of sp³-hybridized carbons (Fsp3) is 0.364. The topological polar surface area (TPSA) is 74.7 Å². The first-order valence-corrected chi connectivity index (χ1v) is 7.40. The van der Waals surface area contributed by atoms with E-state index in [1.807, 2.05) is 0 Å². The largest absolute Gasteiger partial charge is 0.481 e. The molecule has 0 saturated carbocycles. The van der Waals surface area contributed by atoms with Crippen LogP contribution in [-0.4, -0.2) is 32.3 Å². The van der Waals surface area contributed by atoms with Crippen LogP contribution in [0.4, 0.5) is 5.69 Å². The van der Waals surface area contributed by atoms with Crippen LogP contribution in [0.5, 0.6) is 0 Å². The number of hydrogen-bond donors (Lipinski definition) is 1. The van der Waals surface area contributed by atoms with Gasteiger partial charge >= 0.3 is 5.97 Å². The van der Waals surface area contributed by atoms with Crippen LogP contribution in [0.3, 0.4) is 0 Å². The Labute approximate surface area is 111 Å². The van der Waals surface area contributed by atoms with Crippen LogP contribution < -0.4 is 4.31 Å². The van der Waals surface area contributed by atoms with Crippen LogP contribution in [0, 0.1) is 6.92 Å². The number of aryl methyl sites for hydroxylation is 1. The number of rotatable bonds is 5. The van der Waals surface area contributed by atoms with Crippen molar-refractivity contribution in [2.24, 2.45) is 0 Å². The molecular weight excluding hydrogens is 278 g/mol. The highest BCUT2D eigenvalue weighted by atomic mass is 35.5. The van der Waals surface area contributed by atoms with Gasteiger partial charge in [-0.3, -0.25) is 9.10 Å². The molecule has 0 aliphatic rings. The lowest BCUT2D eigenvalue weighted by atomic mass is 10.2. The number of nitrogens with zero attached hydrogens (tertiary/aromatic N) is 1. The number of hydrogen-bond acceptors (Lipinski definition) is 3. The Morgan fingerprint density at radius 2 is 2.06 bits per heavy atom. The van der Waals surface area contributed by atoms with E-state index in [9.17, 15) is 13.2 Å². The number of carboxylic acids is 1. The standard InChI is InChI=1S/C11H14ClNO4S/c1-8-3-4-9(12)7-10(8)13(18(2,16)17)6-5-11(14)15/h3-4,7H,5-6H2,1-2H3,(H,14,15). The number of sulfonamides is 1. The van der Waals surface area contributed by atoms with E-state index < -0.39 is 16.0 Å². The predicted molar refractivity (Wildman–Crippen MR) is 70.6 cm³/mol. The molecule has 0 aromatic heterocycles. The first-order chi connectivity index (χ1) is 8.21. The summed E-state index contributed by atoms with van der Waals surface area (Å²) in [6, 6.07) is 4.86. The number of halogens is 1. The predicted octanol–water partition coefficient (Wildman–Crippen LogP) is 1.89. The maximum atomic E-state index is 11.7. The zero-order valence-corrected chi connectivity index (χ0v) is 11.6. The minimum atomic E-state index is -3.54. The molecule has 0 saturated heterocycles. The number of aliphatic carboxylic acids is 1. The molecule has 5 nitrogen and oxygen atoms in total. The molecule has 0 bridgehead atoms. The maximum Gasteiger partial charge on any atom is 0.305 e. The minimum absolute atomic E-state index is 0.116. The van der Waals surface area contributed by atoms with Crippen molar-refractivity contribution in [3.8, 4) is 0 Å². The van der Waals surface area contributed by atoms with E-state index in [0.29, 0.717) is 10.7 Å². The summed E-state index contributed by atoms with van der Waals surface area (Å²) in [5.41, 5.74) is 1.13. The summed E-state index contributed by atoms with van der Waals surface area (Å²) in [6.45, 7) is 1.62. The van der Waals surface area contributed by atoms with Gasteiger partial charge in [-0.1, -0.05) is 17.7 Å². The van der Waals surface area contributed by atoms with Crippen molar-refractivity contribution in [3.63, 3.8) is 0 Å². The lowest BCUT2D eigenvalue weighted by Crippen LogP contribution is -2.32. The van der Waals surface area contributed by atoms with Gasteiger partial charge < -0.3 is 5.11 Å². The molecule has 7 heteroatoms. The monoisotopic (exact) mass is 291 g/mol. The minimum Gasteiger partial charge on any atom is -0.481 e. The van der Waals surface area contributed by atoms with Crippen molar-refractivity contribution in [3.05, 3.63) is 28.8 Å². The zero-order valence-electron chi connectivity index (χ0n) is 10.1. The van der Waals surface area contributed by atoms with E-state index in [4.69, 9.17) is 16.7 Å². The van der Waals surface area contributed by atoms with Crippen LogP contribution >= 0.6 is 11.6 Å². The summed E-state index contributed by atoms with van der Waals surface area (Å²) in [4.78, 5) is 10.6. The second kappa shape index (κ2) is 5.58. The molecule has 18 heavy (non-hydrogen) atoms. The second-order valence-electron chi connectivity index (χ2n) is 3.91. The van der Waals surface area contributed by atoms with Crippen molar-refractivity contribution in [1.82, 2.24) is 0 Å². The third-order valence-corrected chi connectivity index (χ3v) is 3.78. The highest BCUT2D eigenvalue weighted by Gasteiger charge is 2.20. The third-order valence-electron chi connectivity index (χ3n) is 2.37. The summed E-state index contributed by atoms with van der Waals surface area (Å²) in [7, 11) is -3.54. The summed E-state index contributed by atoms with van der Waals surface area (Å²) in [5.74, 6) is -1.05. The average molecular weight is 292 g/mol. The molecule has 0 radical (unpaired) electrons. The summed E-state index contributed by atoms with van der Waals surface area (Å²) >= 11 is 5.84. The van der Waals surface area contributed by atoms with Gasteiger partial charge in [-0.25, -0.2) is 8.42 Å². The lowest BCUT2D eigenvalue weighted by Gasteiger charge is -2.23. The molecule has 0 amide bonds. The molecule has 0 aliphatic heterocycles. The van der Waals surface area contributed by atoms with Crippen LogP contribution in [0.25, 0.3) is 0 Å². The van der Waals surface area contributed by atoms with E-state index in [0.717, 1.165) is 16.1 Å². The molecule has 1 aromatic carbocycles. The van der Waals surface area contributed by atoms with E-state index in [1.165, 1.54) is 6.07 Å². The molecular formula is C11H14ClNO4S.